The van der Waals surface area contributed by atoms with Crippen molar-refractivity contribution in [2.24, 2.45) is 0 Å². The van der Waals surface area contributed by atoms with Crippen molar-refractivity contribution in [1.29, 1.82) is 0 Å². The van der Waals surface area contributed by atoms with Crippen LogP contribution in [0.25, 0.3) is 0 Å². The van der Waals surface area contributed by atoms with Gasteiger partial charge in [0.15, 0.2) is 0 Å². The Morgan fingerprint density at radius 1 is 0.523 bits per heavy atom. The van der Waals surface area contributed by atoms with Gasteiger partial charge in [0.2, 0.25) is 0 Å². The maximum absolute atomic E-state index is 6.96. The molecular weight excluding hydrogens is 589 g/mol. The topological polar surface area (TPSA) is 46.2 Å². The molecule has 0 amide bonds. The van der Waals surface area contributed by atoms with Gasteiger partial charge in [-0.1, -0.05) is 121 Å². The molecule has 0 unspecified atom stereocenters. The molecule has 1 aliphatic heterocycles. The second kappa shape index (κ2) is 17.8. The van der Waals surface area contributed by atoms with Crippen molar-refractivity contribution in [2.45, 2.75) is 61.5 Å². The lowest BCUT2D eigenvalue weighted by Crippen LogP contribution is -2.63. The Bertz CT molecular complexity index is 1330. The average molecular weight is 631 g/mol. The molecule has 5 nitrogen and oxygen atoms in total. The summed E-state index contributed by atoms with van der Waals surface area (Å²) < 4.78 is 33.7. The first-order valence-corrected chi connectivity index (χ1v) is 17.6. The minimum Gasteiger partial charge on any atom is -0.374 e. The molecule has 1 saturated heterocycles. The molecule has 0 saturated carbocycles. The van der Waals surface area contributed by atoms with Crippen molar-refractivity contribution in [1.82, 2.24) is 0 Å². The highest BCUT2D eigenvalue weighted by atomic mass is 32.2. The van der Waals surface area contributed by atoms with Crippen molar-refractivity contribution in [3.63, 3.8) is 0 Å². The minimum atomic E-state index is -0.420. The molecule has 0 spiro atoms. The molecule has 0 aliphatic carbocycles. The predicted molar refractivity (Wildman–Crippen MR) is 181 cm³/mol. The van der Waals surface area contributed by atoms with Gasteiger partial charge in [0.1, 0.15) is 30.5 Å². The highest BCUT2D eigenvalue weighted by Gasteiger charge is 2.50. The van der Waals surface area contributed by atoms with Gasteiger partial charge in [-0.25, -0.2) is 0 Å². The first kappa shape index (κ1) is 32.8. The zero-order valence-electron chi connectivity index (χ0n) is 25.4. The molecule has 0 radical (unpaired) electrons. The zero-order valence-corrected chi connectivity index (χ0v) is 27.0. The summed E-state index contributed by atoms with van der Waals surface area (Å²) in [6.45, 7) is 2.19. The van der Waals surface area contributed by atoms with Crippen LogP contribution in [0.5, 0.6) is 0 Å². The van der Waals surface area contributed by atoms with Gasteiger partial charge < -0.3 is 23.7 Å². The second-order valence-corrected chi connectivity index (χ2v) is 13.0. The van der Waals surface area contributed by atoms with Gasteiger partial charge in [0.05, 0.1) is 37.6 Å². The summed E-state index contributed by atoms with van der Waals surface area (Å²) in [5.74, 6) is 0. The van der Waals surface area contributed by atoms with Crippen LogP contribution in [0, 0.1) is 0 Å². The standard InChI is InChI=1S/C37H42O5S2/c1-43-37(44-2)36-35(41-26-31-21-13-6-14-22-31)34(40-25-30-19-11-5-12-20-30)33(39-24-29-17-9-4-10-18-29)32(42-36)27-38-23-28-15-7-3-8-16-28/h3-22,32-37H,23-27H2,1-2H3/t32-,33-,34+,35-,36-/m1/s1. The lowest BCUT2D eigenvalue weighted by atomic mass is 9.94. The van der Waals surface area contributed by atoms with E-state index in [0.29, 0.717) is 33.0 Å². The summed E-state index contributed by atoms with van der Waals surface area (Å²) in [6.07, 6.45) is 2.46. The Kier molecular flexibility index (Phi) is 13.2. The SMILES string of the molecule is CSC(SC)[C@@H]1O[C@H](COCc2ccccc2)[C@@H](OCc2ccccc2)[C@H](OCc2ccccc2)[C@H]1OCc1ccccc1. The van der Waals surface area contributed by atoms with Crippen molar-refractivity contribution < 1.29 is 23.7 Å². The van der Waals surface area contributed by atoms with Gasteiger partial charge >= 0.3 is 0 Å². The van der Waals surface area contributed by atoms with E-state index in [2.05, 4.69) is 61.0 Å². The van der Waals surface area contributed by atoms with E-state index >= 15 is 0 Å². The molecule has 1 heterocycles. The number of ether oxygens (including phenoxy) is 5. The summed E-state index contributed by atoms with van der Waals surface area (Å²) >= 11 is 3.55. The van der Waals surface area contributed by atoms with Crippen LogP contribution in [0.3, 0.4) is 0 Å². The maximum Gasteiger partial charge on any atom is 0.115 e. The fourth-order valence-electron chi connectivity index (χ4n) is 5.41. The molecule has 232 valence electrons. The van der Waals surface area contributed by atoms with E-state index in [0.717, 1.165) is 22.3 Å². The lowest BCUT2D eigenvalue weighted by Gasteiger charge is -2.48. The molecule has 0 bridgehead atoms. The highest BCUT2D eigenvalue weighted by Crippen LogP contribution is 2.37. The normalized spacial score (nSPS) is 21.8. The van der Waals surface area contributed by atoms with Crippen molar-refractivity contribution in [2.75, 3.05) is 19.1 Å². The monoisotopic (exact) mass is 630 g/mol. The van der Waals surface area contributed by atoms with E-state index in [-0.39, 0.29) is 22.9 Å². The third-order valence-electron chi connectivity index (χ3n) is 7.65. The summed E-state index contributed by atoms with van der Waals surface area (Å²) in [7, 11) is 0. The van der Waals surface area contributed by atoms with E-state index in [1.807, 2.05) is 72.8 Å². The third kappa shape index (κ3) is 9.44. The Labute approximate surface area is 270 Å². The summed E-state index contributed by atoms with van der Waals surface area (Å²) in [6, 6.07) is 41.0. The molecule has 1 fully saturated rings. The number of hydrogen-bond acceptors (Lipinski definition) is 7. The Morgan fingerprint density at radius 3 is 1.34 bits per heavy atom. The molecule has 4 aromatic rings. The Morgan fingerprint density at radius 2 is 0.909 bits per heavy atom. The van der Waals surface area contributed by atoms with Crippen LogP contribution >= 0.6 is 23.5 Å². The molecule has 0 aromatic heterocycles. The van der Waals surface area contributed by atoms with Gasteiger partial charge in [0, 0.05) is 0 Å². The zero-order chi connectivity index (χ0) is 30.4. The van der Waals surface area contributed by atoms with Gasteiger partial charge in [-0.05, 0) is 34.8 Å². The fraction of sp³-hybridized carbons (Fsp3) is 0.351. The molecular formula is C37H42O5S2. The molecule has 4 aromatic carbocycles. The molecule has 0 N–H and O–H groups in total. The van der Waals surface area contributed by atoms with Gasteiger partial charge in [0.25, 0.3) is 0 Å². The summed E-state index contributed by atoms with van der Waals surface area (Å²) in [5.41, 5.74) is 4.41. The van der Waals surface area contributed by atoms with Crippen LogP contribution < -0.4 is 0 Å². The summed E-state index contributed by atoms with van der Waals surface area (Å²) in [4.78, 5) is 0. The highest BCUT2D eigenvalue weighted by molar-refractivity contribution is 8.16. The van der Waals surface area contributed by atoms with Crippen LogP contribution in [0.15, 0.2) is 121 Å². The smallest absolute Gasteiger partial charge is 0.115 e. The van der Waals surface area contributed by atoms with Crippen LogP contribution in [-0.2, 0) is 50.1 Å². The Hall–Kier alpha value is -2.62. The fourth-order valence-corrected chi connectivity index (χ4v) is 7.15. The molecule has 1 aliphatic rings. The van der Waals surface area contributed by atoms with Crippen LogP contribution in [0.4, 0.5) is 0 Å². The van der Waals surface area contributed by atoms with Crippen molar-refractivity contribution in [3.05, 3.63) is 144 Å². The van der Waals surface area contributed by atoms with Gasteiger partial charge in [-0.15, -0.1) is 23.5 Å². The van der Waals surface area contributed by atoms with E-state index in [1.54, 1.807) is 23.5 Å². The largest absolute Gasteiger partial charge is 0.374 e. The van der Waals surface area contributed by atoms with Crippen molar-refractivity contribution in [3.8, 4) is 0 Å². The summed E-state index contributed by atoms with van der Waals surface area (Å²) in [5, 5.41) is 0. The second-order valence-electron chi connectivity index (χ2n) is 10.8. The molecule has 44 heavy (non-hydrogen) atoms. The Balaban J connectivity index is 1.45. The third-order valence-corrected chi connectivity index (χ3v) is 10.3. The van der Waals surface area contributed by atoms with Crippen molar-refractivity contribution >= 4 is 23.5 Å². The minimum absolute atomic E-state index is 0.130. The average Bonchev–Trinajstić information content (AvgIpc) is 3.08. The molecule has 7 heteroatoms. The van der Waals surface area contributed by atoms with E-state index in [4.69, 9.17) is 23.7 Å². The number of rotatable bonds is 16. The number of hydrogen-bond donors (Lipinski definition) is 0. The number of benzene rings is 4. The quantitative estimate of drug-likeness (QED) is 0.117. The maximum atomic E-state index is 6.96. The van der Waals surface area contributed by atoms with Gasteiger partial charge in [-0.3, -0.25) is 0 Å². The van der Waals surface area contributed by atoms with Crippen LogP contribution in [0.1, 0.15) is 22.3 Å². The lowest BCUT2D eigenvalue weighted by molar-refractivity contribution is -0.269. The van der Waals surface area contributed by atoms with Crippen LogP contribution in [0.2, 0.25) is 0 Å². The number of thioether (sulfide) groups is 2. The van der Waals surface area contributed by atoms with E-state index in [1.165, 1.54) is 0 Å². The molecule has 5 rings (SSSR count). The first-order chi connectivity index (χ1) is 21.7. The first-order valence-electron chi connectivity index (χ1n) is 15.0. The van der Waals surface area contributed by atoms with E-state index < -0.39 is 12.2 Å². The molecule has 5 atom stereocenters. The van der Waals surface area contributed by atoms with Gasteiger partial charge in [-0.2, -0.15) is 0 Å². The van der Waals surface area contributed by atoms with E-state index in [9.17, 15) is 0 Å². The van der Waals surface area contributed by atoms with Crippen LogP contribution in [-0.4, -0.2) is 54.2 Å². The predicted octanol–water partition coefficient (Wildman–Crippen LogP) is 7.78.